The Morgan fingerprint density at radius 1 is 1.44 bits per heavy atom. The van der Waals surface area contributed by atoms with Crippen LogP contribution in [0.5, 0.6) is 5.75 Å². The first kappa shape index (κ1) is 13.4. The van der Waals surface area contributed by atoms with E-state index in [1.54, 1.807) is 13.8 Å². The van der Waals surface area contributed by atoms with Crippen molar-refractivity contribution in [1.82, 2.24) is 5.32 Å². The normalized spacial score (nSPS) is 19.4. The zero-order chi connectivity index (χ0) is 13.2. The van der Waals surface area contributed by atoms with Crippen LogP contribution in [0.4, 0.5) is 0 Å². The van der Waals surface area contributed by atoms with Crippen LogP contribution in [0.1, 0.15) is 43.9 Å². The van der Waals surface area contributed by atoms with Gasteiger partial charge in [0.15, 0.2) is 0 Å². The molecule has 0 heterocycles. The summed E-state index contributed by atoms with van der Waals surface area (Å²) in [5.74, 6) is 0.926. The van der Waals surface area contributed by atoms with Crippen LogP contribution in [0.15, 0.2) is 18.2 Å². The zero-order valence-electron chi connectivity index (χ0n) is 11.5. The fourth-order valence-electron chi connectivity index (χ4n) is 2.50. The predicted molar refractivity (Wildman–Crippen MR) is 73.0 cm³/mol. The molecular formula is C15H23NO2. The van der Waals surface area contributed by atoms with Crippen molar-refractivity contribution in [1.29, 1.82) is 0 Å². The first-order valence-corrected chi connectivity index (χ1v) is 6.65. The molecule has 2 N–H and O–H groups in total. The minimum atomic E-state index is -0.792. The second kappa shape index (κ2) is 5.29. The molecule has 3 heteroatoms. The Balaban J connectivity index is 2.22. The van der Waals surface area contributed by atoms with Gasteiger partial charge in [-0.2, -0.15) is 0 Å². The summed E-state index contributed by atoms with van der Waals surface area (Å²) >= 11 is 0. The first-order valence-electron chi connectivity index (χ1n) is 6.65. The lowest BCUT2D eigenvalue weighted by molar-refractivity contribution is 0.0280. The molecule has 0 saturated carbocycles. The fourth-order valence-corrected chi connectivity index (χ4v) is 2.50. The van der Waals surface area contributed by atoms with Crippen LogP contribution in [-0.2, 0) is 6.42 Å². The number of hydrogen-bond donors (Lipinski definition) is 2. The van der Waals surface area contributed by atoms with Gasteiger partial charge in [-0.25, -0.2) is 0 Å². The van der Waals surface area contributed by atoms with Crippen molar-refractivity contribution in [2.75, 3.05) is 13.7 Å². The summed E-state index contributed by atoms with van der Waals surface area (Å²) in [6, 6.07) is 6.64. The van der Waals surface area contributed by atoms with Gasteiger partial charge in [-0.15, -0.1) is 0 Å². The van der Waals surface area contributed by atoms with Crippen LogP contribution in [0.2, 0.25) is 0 Å². The van der Waals surface area contributed by atoms with Crippen molar-refractivity contribution in [3.05, 3.63) is 29.3 Å². The van der Waals surface area contributed by atoms with Crippen molar-refractivity contribution in [2.45, 2.75) is 44.8 Å². The first-order chi connectivity index (χ1) is 8.51. The second-order valence-electron chi connectivity index (χ2n) is 5.66. The molecule has 0 bridgehead atoms. The van der Waals surface area contributed by atoms with E-state index < -0.39 is 5.60 Å². The molecule has 2 rings (SSSR count). The van der Waals surface area contributed by atoms with Crippen molar-refractivity contribution in [2.24, 2.45) is 0 Å². The lowest BCUT2D eigenvalue weighted by atomic mass is 9.87. The second-order valence-corrected chi connectivity index (χ2v) is 5.66. The van der Waals surface area contributed by atoms with Gasteiger partial charge in [0.1, 0.15) is 12.4 Å². The summed E-state index contributed by atoms with van der Waals surface area (Å²) in [5.41, 5.74) is 1.85. The summed E-state index contributed by atoms with van der Waals surface area (Å²) in [5, 5.41) is 13.1. The van der Waals surface area contributed by atoms with Gasteiger partial charge in [0.2, 0.25) is 0 Å². The Morgan fingerprint density at radius 3 is 2.89 bits per heavy atom. The third kappa shape index (κ3) is 3.03. The van der Waals surface area contributed by atoms with Crippen molar-refractivity contribution >= 4 is 0 Å². The number of rotatable bonds is 4. The molecule has 1 unspecified atom stereocenters. The zero-order valence-corrected chi connectivity index (χ0v) is 11.5. The van der Waals surface area contributed by atoms with Gasteiger partial charge in [-0.1, -0.05) is 12.1 Å². The fraction of sp³-hybridized carbons (Fsp3) is 0.600. The van der Waals surface area contributed by atoms with Crippen LogP contribution < -0.4 is 10.1 Å². The molecule has 1 aliphatic carbocycles. The summed E-state index contributed by atoms with van der Waals surface area (Å²) in [6.45, 7) is 3.85. The average Bonchev–Trinajstić information content (AvgIpc) is 2.34. The maximum absolute atomic E-state index is 9.74. The van der Waals surface area contributed by atoms with E-state index in [0.717, 1.165) is 12.2 Å². The topological polar surface area (TPSA) is 41.5 Å². The third-order valence-electron chi connectivity index (χ3n) is 3.39. The van der Waals surface area contributed by atoms with E-state index in [1.807, 2.05) is 19.2 Å². The van der Waals surface area contributed by atoms with Crippen molar-refractivity contribution < 1.29 is 9.84 Å². The quantitative estimate of drug-likeness (QED) is 0.861. The Kier molecular flexibility index (Phi) is 3.93. The monoisotopic (exact) mass is 249 g/mol. The molecule has 1 aromatic rings. The number of ether oxygens (including phenoxy) is 1. The molecular weight excluding hydrogens is 226 g/mol. The van der Waals surface area contributed by atoms with Gasteiger partial charge in [-0.3, -0.25) is 0 Å². The molecule has 1 aliphatic rings. The lowest BCUT2D eigenvalue weighted by Crippen LogP contribution is -2.28. The minimum Gasteiger partial charge on any atom is -0.490 e. The highest BCUT2D eigenvalue weighted by Crippen LogP contribution is 2.35. The van der Waals surface area contributed by atoms with Crippen molar-refractivity contribution in [3.8, 4) is 5.75 Å². The molecule has 0 amide bonds. The highest BCUT2D eigenvalue weighted by molar-refractivity contribution is 5.43. The van der Waals surface area contributed by atoms with Crippen LogP contribution in [0.3, 0.4) is 0 Å². The van der Waals surface area contributed by atoms with E-state index in [1.165, 1.54) is 24.0 Å². The van der Waals surface area contributed by atoms with Crippen LogP contribution in [0, 0.1) is 0 Å². The van der Waals surface area contributed by atoms with Gasteiger partial charge >= 0.3 is 0 Å². The Hall–Kier alpha value is -1.06. The largest absolute Gasteiger partial charge is 0.490 e. The van der Waals surface area contributed by atoms with E-state index in [-0.39, 0.29) is 0 Å². The highest BCUT2D eigenvalue weighted by Gasteiger charge is 2.22. The molecule has 1 aromatic carbocycles. The number of nitrogens with one attached hydrogen (secondary N) is 1. The molecule has 3 nitrogen and oxygen atoms in total. The molecule has 0 fully saturated rings. The number of hydrogen-bond acceptors (Lipinski definition) is 3. The number of benzene rings is 1. The standard InChI is InChI=1S/C15H23NO2/c1-15(2,17)10-18-14-9-5-6-11-12(14)7-4-8-13(11)16-3/h5-6,9,13,16-17H,4,7-8,10H2,1-3H3. The summed E-state index contributed by atoms with van der Waals surface area (Å²) in [6.07, 6.45) is 3.43. The number of aliphatic hydroxyl groups is 1. The summed E-state index contributed by atoms with van der Waals surface area (Å²) in [4.78, 5) is 0. The molecule has 0 saturated heterocycles. The smallest absolute Gasteiger partial charge is 0.122 e. The molecule has 100 valence electrons. The third-order valence-corrected chi connectivity index (χ3v) is 3.39. The maximum Gasteiger partial charge on any atom is 0.122 e. The molecule has 18 heavy (non-hydrogen) atoms. The van der Waals surface area contributed by atoms with E-state index in [2.05, 4.69) is 11.4 Å². The SMILES string of the molecule is CNC1CCCc2c(OCC(C)(C)O)cccc21. The minimum absolute atomic E-state index is 0.327. The summed E-state index contributed by atoms with van der Waals surface area (Å²) < 4.78 is 5.78. The van der Waals surface area contributed by atoms with E-state index in [9.17, 15) is 5.11 Å². The molecule has 0 aliphatic heterocycles. The Bertz CT molecular complexity index is 409. The molecule has 0 radical (unpaired) electrons. The average molecular weight is 249 g/mol. The van der Waals surface area contributed by atoms with Crippen molar-refractivity contribution in [3.63, 3.8) is 0 Å². The van der Waals surface area contributed by atoms with Crippen LogP contribution in [-0.4, -0.2) is 24.4 Å². The van der Waals surface area contributed by atoms with E-state index in [4.69, 9.17) is 4.74 Å². The van der Waals surface area contributed by atoms with E-state index >= 15 is 0 Å². The highest BCUT2D eigenvalue weighted by atomic mass is 16.5. The van der Waals surface area contributed by atoms with E-state index in [0.29, 0.717) is 12.6 Å². The predicted octanol–water partition coefficient (Wildman–Crippen LogP) is 2.43. The molecule has 0 aromatic heterocycles. The van der Waals surface area contributed by atoms with Crippen LogP contribution in [0.25, 0.3) is 0 Å². The number of fused-ring (bicyclic) bond motifs is 1. The van der Waals surface area contributed by atoms with Gasteiger partial charge in [0.25, 0.3) is 0 Å². The van der Waals surface area contributed by atoms with Gasteiger partial charge in [-0.05, 0) is 57.4 Å². The molecule has 1 atom stereocenters. The maximum atomic E-state index is 9.74. The van der Waals surface area contributed by atoms with Crippen LogP contribution >= 0.6 is 0 Å². The lowest BCUT2D eigenvalue weighted by Gasteiger charge is -2.27. The Morgan fingerprint density at radius 2 is 2.22 bits per heavy atom. The summed E-state index contributed by atoms with van der Waals surface area (Å²) in [7, 11) is 2.00. The van der Waals surface area contributed by atoms with Gasteiger partial charge < -0.3 is 15.2 Å². The van der Waals surface area contributed by atoms with Gasteiger partial charge in [0, 0.05) is 6.04 Å². The Labute approximate surface area is 109 Å². The molecule has 0 spiro atoms. The van der Waals surface area contributed by atoms with Gasteiger partial charge in [0.05, 0.1) is 5.60 Å².